The fraction of sp³-hybridized carbons (Fsp3) is 0.588. The molecule has 1 aliphatic rings. The zero-order valence-electron chi connectivity index (χ0n) is 12.0. The van der Waals surface area contributed by atoms with Crippen molar-refractivity contribution in [1.29, 1.82) is 0 Å². The Kier molecular flexibility index (Phi) is 4.76. The van der Waals surface area contributed by atoms with E-state index in [4.69, 9.17) is 5.73 Å². The van der Waals surface area contributed by atoms with E-state index in [2.05, 4.69) is 19.1 Å². The quantitative estimate of drug-likeness (QED) is 0.661. The van der Waals surface area contributed by atoms with Crippen molar-refractivity contribution in [2.75, 3.05) is 6.54 Å². The van der Waals surface area contributed by atoms with Gasteiger partial charge < -0.3 is 5.73 Å². The molecule has 0 aromatic heterocycles. The van der Waals surface area contributed by atoms with Gasteiger partial charge >= 0.3 is 0 Å². The van der Waals surface area contributed by atoms with Gasteiger partial charge in [-0.2, -0.15) is 0 Å². The fourth-order valence-electron chi connectivity index (χ4n) is 3.13. The minimum absolute atomic E-state index is 0.263. The van der Waals surface area contributed by atoms with E-state index < -0.39 is 0 Å². The molecule has 0 aliphatic heterocycles. The molecule has 0 radical (unpaired) electrons. The molecule has 1 fully saturated rings. The second-order valence-corrected chi connectivity index (χ2v) is 5.78. The highest BCUT2D eigenvalue weighted by molar-refractivity contribution is 6.00. The van der Waals surface area contributed by atoms with Crippen LogP contribution >= 0.6 is 0 Å². The van der Waals surface area contributed by atoms with Crippen molar-refractivity contribution in [3.05, 3.63) is 35.4 Å². The Morgan fingerprint density at radius 3 is 2.16 bits per heavy atom. The highest BCUT2D eigenvalue weighted by atomic mass is 16.1. The third kappa shape index (κ3) is 3.06. The van der Waals surface area contributed by atoms with Gasteiger partial charge in [-0.25, -0.2) is 0 Å². The second-order valence-electron chi connectivity index (χ2n) is 5.78. The molecule has 2 heteroatoms. The molecule has 0 saturated heterocycles. The fourth-order valence-corrected chi connectivity index (χ4v) is 3.13. The maximum atomic E-state index is 12.8. The molecule has 0 bridgehead atoms. The molecule has 2 nitrogen and oxygen atoms in total. The van der Waals surface area contributed by atoms with Crippen LogP contribution in [-0.2, 0) is 6.42 Å². The van der Waals surface area contributed by atoms with Crippen molar-refractivity contribution in [2.45, 2.75) is 51.9 Å². The van der Waals surface area contributed by atoms with E-state index in [1.807, 2.05) is 12.1 Å². The smallest absolute Gasteiger partial charge is 0.170 e. The first-order valence-corrected chi connectivity index (χ1v) is 7.56. The van der Waals surface area contributed by atoms with Crippen molar-refractivity contribution in [3.63, 3.8) is 0 Å². The van der Waals surface area contributed by atoms with Gasteiger partial charge in [0.05, 0.1) is 0 Å². The minimum Gasteiger partial charge on any atom is -0.329 e. The number of Topliss-reactive ketones (excluding diaryl/α,β-unsaturated/α-hetero) is 1. The lowest BCUT2D eigenvalue weighted by molar-refractivity contribution is 0.0774. The predicted octanol–water partition coefficient (Wildman–Crippen LogP) is 3.73. The van der Waals surface area contributed by atoms with Crippen LogP contribution in [0.5, 0.6) is 0 Å². The maximum Gasteiger partial charge on any atom is 0.170 e. The normalized spacial score (nSPS) is 18.8. The van der Waals surface area contributed by atoms with Gasteiger partial charge in [0.2, 0.25) is 0 Å². The third-order valence-electron chi connectivity index (χ3n) is 4.56. The summed E-state index contributed by atoms with van der Waals surface area (Å²) in [7, 11) is 0. The van der Waals surface area contributed by atoms with Crippen LogP contribution in [0.15, 0.2) is 24.3 Å². The van der Waals surface area contributed by atoms with Crippen LogP contribution in [0.25, 0.3) is 0 Å². The van der Waals surface area contributed by atoms with Crippen molar-refractivity contribution in [3.8, 4) is 0 Å². The van der Waals surface area contributed by atoms with Crippen LogP contribution in [0.2, 0.25) is 0 Å². The van der Waals surface area contributed by atoms with Crippen LogP contribution in [0.3, 0.4) is 0 Å². The van der Waals surface area contributed by atoms with Crippen molar-refractivity contribution < 1.29 is 4.79 Å². The number of benzene rings is 1. The summed E-state index contributed by atoms with van der Waals surface area (Å²) in [5.74, 6) is 0.263. The van der Waals surface area contributed by atoms with Gasteiger partial charge in [-0.3, -0.25) is 4.79 Å². The first-order valence-electron chi connectivity index (χ1n) is 7.56. The SMILES string of the molecule is CCc1ccc(C(=O)C2(CN)CCCCCC2)cc1. The number of nitrogens with two attached hydrogens (primary N) is 1. The molecular formula is C17H25NO. The number of aryl methyl sites for hydroxylation is 1. The summed E-state index contributed by atoms with van der Waals surface area (Å²) < 4.78 is 0. The highest BCUT2D eigenvalue weighted by Gasteiger charge is 2.37. The molecule has 2 rings (SSSR count). The number of carbonyl (C=O) groups excluding carboxylic acids is 1. The Morgan fingerprint density at radius 1 is 1.11 bits per heavy atom. The molecule has 0 atom stereocenters. The van der Waals surface area contributed by atoms with Crippen LogP contribution in [-0.4, -0.2) is 12.3 Å². The maximum absolute atomic E-state index is 12.8. The van der Waals surface area contributed by atoms with E-state index in [1.165, 1.54) is 18.4 Å². The Hall–Kier alpha value is -1.15. The van der Waals surface area contributed by atoms with Gasteiger partial charge in [0, 0.05) is 17.5 Å². The number of carbonyl (C=O) groups is 1. The Labute approximate surface area is 116 Å². The zero-order chi connectivity index (χ0) is 13.7. The second kappa shape index (κ2) is 6.33. The first kappa shape index (κ1) is 14.3. The number of hydrogen-bond acceptors (Lipinski definition) is 2. The van der Waals surface area contributed by atoms with Crippen LogP contribution in [0, 0.1) is 5.41 Å². The summed E-state index contributed by atoms with van der Waals surface area (Å²) in [6.07, 6.45) is 7.67. The molecule has 1 aliphatic carbocycles. The molecule has 0 amide bonds. The average molecular weight is 259 g/mol. The molecular weight excluding hydrogens is 234 g/mol. The lowest BCUT2D eigenvalue weighted by Gasteiger charge is -2.29. The Bertz CT molecular complexity index is 413. The largest absolute Gasteiger partial charge is 0.329 e. The van der Waals surface area contributed by atoms with E-state index in [1.54, 1.807) is 0 Å². The lowest BCUT2D eigenvalue weighted by atomic mass is 9.74. The lowest BCUT2D eigenvalue weighted by Crippen LogP contribution is -2.38. The standard InChI is InChI=1S/C17H25NO/c1-2-14-7-9-15(10-8-14)16(19)17(13-18)11-5-3-4-6-12-17/h7-10H,2-6,11-13,18H2,1H3. The van der Waals surface area contributed by atoms with Crippen LogP contribution < -0.4 is 5.73 Å². The van der Waals surface area contributed by atoms with Gasteiger partial charge in [0.1, 0.15) is 0 Å². The first-order chi connectivity index (χ1) is 9.22. The summed E-state index contributed by atoms with van der Waals surface area (Å²) in [5.41, 5.74) is 7.79. The van der Waals surface area contributed by atoms with Gasteiger partial charge in [0.25, 0.3) is 0 Å². The molecule has 0 heterocycles. The molecule has 0 spiro atoms. The van der Waals surface area contributed by atoms with Gasteiger partial charge in [-0.05, 0) is 24.8 Å². The van der Waals surface area contributed by atoms with E-state index in [9.17, 15) is 4.79 Å². The molecule has 104 valence electrons. The van der Waals surface area contributed by atoms with Crippen LogP contribution in [0.1, 0.15) is 61.4 Å². The summed E-state index contributed by atoms with van der Waals surface area (Å²) >= 11 is 0. The zero-order valence-corrected chi connectivity index (χ0v) is 12.0. The number of ketones is 1. The van der Waals surface area contributed by atoms with Gasteiger partial charge in [-0.15, -0.1) is 0 Å². The van der Waals surface area contributed by atoms with Crippen molar-refractivity contribution in [2.24, 2.45) is 11.1 Å². The topological polar surface area (TPSA) is 43.1 Å². The summed E-state index contributed by atoms with van der Waals surface area (Å²) in [4.78, 5) is 12.8. The molecule has 2 N–H and O–H groups in total. The van der Waals surface area contributed by atoms with E-state index in [0.29, 0.717) is 6.54 Å². The van der Waals surface area contributed by atoms with Crippen molar-refractivity contribution in [1.82, 2.24) is 0 Å². The summed E-state index contributed by atoms with van der Waals surface area (Å²) in [6.45, 7) is 2.62. The van der Waals surface area contributed by atoms with E-state index in [0.717, 1.165) is 37.7 Å². The molecule has 19 heavy (non-hydrogen) atoms. The summed E-state index contributed by atoms with van der Waals surface area (Å²) in [6, 6.07) is 8.08. The molecule has 1 aromatic rings. The minimum atomic E-state index is -0.301. The predicted molar refractivity (Wildman–Crippen MR) is 79.3 cm³/mol. The van der Waals surface area contributed by atoms with E-state index in [-0.39, 0.29) is 11.2 Å². The molecule has 1 aromatic carbocycles. The monoisotopic (exact) mass is 259 g/mol. The van der Waals surface area contributed by atoms with Crippen molar-refractivity contribution >= 4 is 5.78 Å². The molecule has 1 saturated carbocycles. The van der Waals surface area contributed by atoms with Crippen LogP contribution in [0.4, 0.5) is 0 Å². The molecule has 0 unspecified atom stereocenters. The average Bonchev–Trinajstić information content (AvgIpc) is 2.73. The number of rotatable bonds is 4. The van der Waals surface area contributed by atoms with Gasteiger partial charge in [0.15, 0.2) is 5.78 Å². The Balaban J connectivity index is 2.23. The number of hydrogen-bond donors (Lipinski definition) is 1. The Morgan fingerprint density at radius 2 is 1.68 bits per heavy atom. The highest BCUT2D eigenvalue weighted by Crippen LogP contribution is 2.37. The summed E-state index contributed by atoms with van der Waals surface area (Å²) in [5, 5.41) is 0. The van der Waals surface area contributed by atoms with E-state index >= 15 is 0 Å². The van der Waals surface area contributed by atoms with Gasteiger partial charge in [-0.1, -0.05) is 56.9 Å². The third-order valence-corrected chi connectivity index (χ3v) is 4.56.